The van der Waals surface area contributed by atoms with Crippen LogP contribution in [0.3, 0.4) is 0 Å². The fraction of sp³-hybridized carbons (Fsp3) is 0.357. The average molecular weight is 326 g/mol. The molecule has 0 spiro atoms. The first-order valence-electron chi connectivity index (χ1n) is 6.12. The molecule has 0 aliphatic heterocycles. The number of hydrogen-bond donors (Lipinski definition) is 1. The average Bonchev–Trinajstić information content (AvgIpc) is 2.70. The van der Waals surface area contributed by atoms with Crippen molar-refractivity contribution < 1.29 is 4.39 Å². The monoisotopic (exact) mass is 325 g/mol. The molecular formula is C14H17BrFN3. The van der Waals surface area contributed by atoms with Crippen LogP contribution >= 0.6 is 15.9 Å². The Morgan fingerprint density at radius 1 is 1.47 bits per heavy atom. The Bertz CT molecular complexity index is 580. The van der Waals surface area contributed by atoms with Crippen LogP contribution in [0.25, 0.3) is 0 Å². The predicted octanol–water partition coefficient (Wildman–Crippen LogP) is 3.13. The number of rotatable bonds is 4. The summed E-state index contributed by atoms with van der Waals surface area (Å²) in [6.07, 6.45) is 2.44. The van der Waals surface area contributed by atoms with Gasteiger partial charge in [0.05, 0.1) is 6.20 Å². The number of benzene rings is 1. The van der Waals surface area contributed by atoms with Crippen LogP contribution in [0.1, 0.15) is 22.9 Å². The van der Waals surface area contributed by atoms with E-state index in [1.165, 1.54) is 6.07 Å². The topological polar surface area (TPSA) is 29.9 Å². The molecule has 0 aliphatic rings. The molecular weight excluding hydrogens is 309 g/mol. The van der Waals surface area contributed by atoms with Crippen LogP contribution in [0, 0.1) is 12.7 Å². The minimum atomic E-state index is -0.184. The first-order valence-corrected chi connectivity index (χ1v) is 6.92. The van der Waals surface area contributed by atoms with Gasteiger partial charge in [-0.2, -0.15) is 5.10 Å². The Hall–Kier alpha value is -1.20. The number of aromatic nitrogens is 2. The SMILES string of the molecule is CNC(Cc1ccc(Br)cc1F)c1cnn(C)c1C. The van der Waals surface area contributed by atoms with Gasteiger partial charge in [0.15, 0.2) is 0 Å². The number of hydrogen-bond acceptors (Lipinski definition) is 2. The van der Waals surface area contributed by atoms with Gasteiger partial charge in [-0.25, -0.2) is 4.39 Å². The van der Waals surface area contributed by atoms with E-state index in [-0.39, 0.29) is 11.9 Å². The Morgan fingerprint density at radius 2 is 2.21 bits per heavy atom. The highest BCUT2D eigenvalue weighted by Gasteiger charge is 2.17. The summed E-state index contributed by atoms with van der Waals surface area (Å²) < 4.78 is 16.5. The van der Waals surface area contributed by atoms with Crippen LogP contribution in [0.15, 0.2) is 28.9 Å². The van der Waals surface area contributed by atoms with Gasteiger partial charge in [0.1, 0.15) is 5.82 Å². The summed E-state index contributed by atoms with van der Waals surface area (Å²) in [5.74, 6) is -0.184. The quantitative estimate of drug-likeness (QED) is 0.935. The third kappa shape index (κ3) is 3.04. The molecule has 0 fully saturated rings. The van der Waals surface area contributed by atoms with Crippen molar-refractivity contribution in [3.63, 3.8) is 0 Å². The normalized spacial score (nSPS) is 12.7. The van der Waals surface area contributed by atoms with Crippen molar-refractivity contribution in [2.75, 3.05) is 7.05 Å². The van der Waals surface area contributed by atoms with E-state index in [9.17, 15) is 4.39 Å². The molecule has 5 heteroatoms. The van der Waals surface area contributed by atoms with Gasteiger partial charge in [-0.3, -0.25) is 4.68 Å². The maximum atomic E-state index is 13.9. The molecule has 1 heterocycles. The zero-order valence-corrected chi connectivity index (χ0v) is 12.8. The maximum absolute atomic E-state index is 13.9. The van der Waals surface area contributed by atoms with Crippen molar-refractivity contribution in [1.29, 1.82) is 0 Å². The molecule has 1 unspecified atom stereocenters. The van der Waals surface area contributed by atoms with Gasteiger partial charge in [-0.1, -0.05) is 22.0 Å². The van der Waals surface area contributed by atoms with E-state index in [0.717, 1.165) is 15.7 Å². The molecule has 0 saturated carbocycles. The smallest absolute Gasteiger partial charge is 0.127 e. The lowest BCUT2D eigenvalue weighted by molar-refractivity contribution is 0.551. The lowest BCUT2D eigenvalue weighted by Crippen LogP contribution is -2.20. The van der Waals surface area contributed by atoms with Crippen molar-refractivity contribution in [2.45, 2.75) is 19.4 Å². The number of halogens is 2. The first-order chi connectivity index (χ1) is 9.02. The Kier molecular flexibility index (Phi) is 4.37. The van der Waals surface area contributed by atoms with E-state index < -0.39 is 0 Å². The number of nitrogens with one attached hydrogen (secondary N) is 1. The molecule has 1 atom stereocenters. The van der Waals surface area contributed by atoms with Crippen molar-refractivity contribution >= 4 is 15.9 Å². The largest absolute Gasteiger partial charge is 0.313 e. The van der Waals surface area contributed by atoms with E-state index in [1.807, 2.05) is 44.0 Å². The summed E-state index contributed by atoms with van der Waals surface area (Å²) in [4.78, 5) is 0. The summed E-state index contributed by atoms with van der Waals surface area (Å²) in [6, 6.07) is 5.24. The van der Waals surface area contributed by atoms with Crippen molar-refractivity contribution in [3.05, 3.63) is 51.5 Å². The van der Waals surface area contributed by atoms with E-state index in [4.69, 9.17) is 0 Å². The number of aryl methyl sites for hydroxylation is 1. The molecule has 0 radical (unpaired) electrons. The fourth-order valence-corrected chi connectivity index (χ4v) is 2.47. The minimum absolute atomic E-state index is 0.0596. The van der Waals surface area contributed by atoms with Crippen molar-refractivity contribution in [2.24, 2.45) is 7.05 Å². The molecule has 0 amide bonds. The second kappa shape index (κ2) is 5.84. The van der Waals surface area contributed by atoms with Gasteiger partial charge in [0.25, 0.3) is 0 Å². The first kappa shape index (κ1) is 14.2. The molecule has 102 valence electrons. The summed E-state index contributed by atoms with van der Waals surface area (Å²) in [5, 5.41) is 7.47. The molecule has 1 aromatic heterocycles. The van der Waals surface area contributed by atoms with E-state index in [1.54, 1.807) is 0 Å². The standard InChI is InChI=1S/C14H17BrFN3/c1-9-12(8-18-19(9)3)14(17-2)6-10-4-5-11(15)7-13(10)16/h4-5,7-8,14,17H,6H2,1-3H3. The van der Waals surface area contributed by atoms with E-state index in [0.29, 0.717) is 12.0 Å². The molecule has 0 bridgehead atoms. The Balaban J connectivity index is 2.26. The highest BCUT2D eigenvalue weighted by Crippen LogP contribution is 2.23. The van der Waals surface area contributed by atoms with Gasteiger partial charge >= 0.3 is 0 Å². The molecule has 2 aromatic rings. The molecule has 0 aliphatic carbocycles. The summed E-state index contributed by atoms with van der Waals surface area (Å²) in [7, 11) is 3.79. The van der Waals surface area contributed by atoms with Gasteiger partial charge in [-0.05, 0) is 38.1 Å². The highest BCUT2D eigenvalue weighted by atomic mass is 79.9. The summed E-state index contributed by atoms with van der Waals surface area (Å²) in [5.41, 5.74) is 2.90. The summed E-state index contributed by atoms with van der Waals surface area (Å²) in [6.45, 7) is 2.02. The van der Waals surface area contributed by atoms with Crippen LogP contribution in [-0.4, -0.2) is 16.8 Å². The van der Waals surface area contributed by atoms with Crippen LogP contribution in [-0.2, 0) is 13.5 Å². The van der Waals surface area contributed by atoms with Gasteiger partial charge in [0, 0.05) is 28.8 Å². The van der Waals surface area contributed by atoms with E-state index in [2.05, 4.69) is 26.3 Å². The van der Waals surface area contributed by atoms with Crippen LogP contribution in [0.2, 0.25) is 0 Å². The zero-order valence-electron chi connectivity index (χ0n) is 11.2. The van der Waals surface area contributed by atoms with Crippen LogP contribution in [0.4, 0.5) is 4.39 Å². The predicted molar refractivity (Wildman–Crippen MR) is 77.5 cm³/mol. The molecule has 1 aromatic carbocycles. The fourth-order valence-electron chi connectivity index (χ4n) is 2.13. The second-order valence-corrected chi connectivity index (χ2v) is 5.51. The minimum Gasteiger partial charge on any atom is -0.313 e. The summed E-state index contributed by atoms with van der Waals surface area (Å²) >= 11 is 3.27. The highest BCUT2D eigenvalue weighted by molar-refractivity contribution is 9.10. The molecule has 0 saturated heterocycles. The lowest BCUT2D eigenvalue weighted by atomic mass is 9.99. The lowest BCUT2D eigenvalue weighted by Gasteiger charge is -2.16. The van der Waals surface area contributed by atoms with E-state index >= 15 is 0 Å². The second-order valence-electron chi connectivity index (χ2n) is 4.59. The van der Waals surface area contributed by atoms with Gasteiger partial charge < -0.3 is 5.32 Å². The third-order valence-corrected chi connectivity index (χ3v) is 3.93. The Labute approximate surface area is 121 Å². The molecule has 2 rings (SSSR count). The molecule has 1 N–H and O–H groups in total. The third-order valence-electron chi connectivity index (χ3n) is 3.44. The zero-order chi connectivity index (χ0) is 14.0. The van der Waals surface area contributed by atoms with Gasteiger partial charge in [-0.15, -0.1) is 0 Å². The number of nitrogens with zero attached hydrogens (tertiary/aromatic N) is 2. The van der Waals surface area contributed by atoms with Crippen molar-refractivity contribution in [3.8, 4) is 0 Å². The Morgan fingerprint density at radius 3 is 2.74 bits per heavy atom. The van der Waals surface area contributed by atoms with Crippen molar-refractivity contribution in [1.82, 2.24) is 15.1 Å². The van der Waals surface area contributed by atoms with Crippen LogP contribution < -0.4 is 5.32 Å². The maximum Gasteiger partial charge on any atom is 0.127 e. The number of likely N-dealkylation sites (N-methyl/N-ethyl adjacent to an activating group) is 1. The molecule has 3 nitrogen and oxygen atoms in total. The van der Waals surface area contributed by atoms with Crippen LogP contribution in [0.5, 0.6) is 0 Å². The van der Waals surface area contributed by atoms with Gasteiger partial charge in [0.2, 0.25) is 0 Å². The molecule has 19 heavy (non-hydrogen) atoms.